The summed E-state index contributed by atoms with van der Waals surface area (Å²) in [5.74, 6) is 0.578. The summed E-state index contributed by atoms with van der Waals surface area (Å²) < 4.78 is 5.12. The molecule has 2 aromatic carbocycles. The Morgan fingerprint density at radius 2 is 1.77 bits per heavy atom. The van der Waals surface area contributed by atoms with Crippen molar-refractivity contribution in [2.24, 2.45) is 0 Å². The van der Waals surface area contributed by atoms with Crippen LogP contribution in [0.15, 0.2) is 72.9 Å². The summed E-state index contributed by atoms with van der Waals surface area (Å²) in [5.41, 5.74) is 5.00. The van der Waals surface area contributed by atoms with E-state index in [9.17, 15) is 4.79 Å². The van der Waals surface area contributed by atoms with Crippen molar-refractivity contribution < 1.29 is 9.53 Å². The van der Waals surface area contributed by atoms with E-state index in [1.54, 1.807) is 25.3 Å². The quantitative estimate of drug-likeness (QED) is 0.347. The van der Waals surface area contributed by atoms with Crippen LogP contribution in [-0.2, 0) is 11.2 Å². The summed E-state index contributed by atoms with van der Waals surface area (Å²) in [7, 11) is 1.61. The summed E-state index contributed by atoms with van der Waals surface area (Å²) >= 11 is 0. The fraction of sp³-hybridized carbons (Fsp3) is 0.231. The molecular weight excluding hydrogens is 372 g/mol. The van der Waals surface area contributed by atoms with Gasteiger partial charge in [0.05, 0.1) is 12.8 Å². The average Bonchev–Trinajstić information content (AvgIpc) is 2.79. The number of anilines is 1. The van der Waals surface area contributed by atoms with E-state index >= 15 is 0 Å². The number of carbonyl (C=O) groups is 1. The largest absolute Gasteiger partial charge is 0.497 e. The van der Waals surface area contributed by atoms with Crippen molar-refractivity contribution in [2.45, 2.75) is 32.6 Å². The van der Waals surface area contributed by atoms with Gasteiger partial charge in [0.25, 0.3) is 0 Å². The highest BCUT2D eigenvalue weighted by Gasteiger charge is 2.02. The number of benzene rings is 2. The van der Waals surface area contributed by atoms with Crippen LogP contribution < -0.4 is 10.1 Å². The summed E-state index contributed by atoms with van der Waals surface area (Å²) in [6, 6.07) is 19.5. The first kappa shape index (κ1) is 21.3. The van der Waals surface area contributed by atoms with E-state index in [0.29, 0.717) is 0 Å². The van der Waals surface area contributed by atoms with E-state index in [0.717, 1.165) is 34.7 Å². The second kappa shape index (κ2) is 11.0. The third kappa shape index (κ3) is 6.31. The molecule has 0 saturated carbocycles. The molecule has 1 aromatic heterocycles. The summed E-state index contributed by atoms with van der Waals surface area (Å²) in [6.07, 6.45) is 10.1. The molecule has 1 N–H and O–H groups in total. The number of ether oxygens (including phenoxy) is 1. The molecule has 0 saturated heterocycles. The molecule has 1 heterocycles. The van der Waals surface area contributed by atoms with Crippen molar-refractivity contribution in [3.8, 4) is 17.0 Å². The average molecular weight is 401 g/mol. The third-order valence-corrected chi connectivity index (χ3v) is 4.88. The molecule has 4 nitrogen and oxygen atoms in total. The minimum Gasteiger partial charge on any atom is -0.497 e. The number of nitrogens with one attached hydrogen (secondary N) is 1. The van der Waals surface area contributed by atoms with Crippen LogP contribution in [0.5, 0.6) is 5.75 Å². The van der Waals surface area contributed by atoms with Gasteiger partial charge in [-0.1, -0.05) is 50.1 Å². The third-order valence-electron chi connectivity index (χ3n) is 4.88. The van der Waals surface area contributed by atoms with Crippen molar-refractivity contribution in [2.75, 3.05) is 12.4 Å². The molecule has 0 unspecified atom stereocenters. The second-order valence-electron chi connectivity index (χ2n) is 7.18. The van der Waals surface area contributed by atoms with Crippen molar-refractivity contribution in [3.05, 3.63) is 84.1 Å². The Labute approximate surface area is 178 Å². The molecular formula is C26H28N2O2. The van der Waals surface area contributed by atoms with E-state index in [1.165, 1.54) is 30.9 Å². The van der Waals surface area contributed by atoms with Gasteiger partial charge in [-0.25, -0.2) is 0 Å². The van der Waals surface area contributed by atoms with Crippen LogP contribution in [0, 0.1) is 0 Å². The van der Waals surface area contributed by atoms with Gasteiger partial charge in [-0.05, 0) is 60.4 Å². The van der Waals surface area contributed by atoms with Crippen molar-refractivity contribution in [3.63, 3.8) is 0 Å². The van der Waals surface area contributed by atoms with Crippen molar-refractivity contribution >= 4 is 17.7 Å². The number of hydrogen-bond donors (Lipinski definition) is 1. The highest BCUT2D eigenvalue weighted by Crippen LogP contribution is 2.19. The van der Waals surface area contributed by atoms with E-state index in [4.69, 9.17) is 4.74 Å². The van der Waals surface area contributed by atoms with Crippen LogP contribution >= 0.6 is 0 Å². The molecule has 154 valence electrons. The smallest absolute Gasteiger partial charge is 0.248 e. The summed E-state index contributed by atoms with van der Waals surface area (Å²) in [5, 5.41) is 2.83. The van der Waals surface area contributed by atoms with E-state index in [2.05, 4.69) is 29.4 Å². The van der Waals surface area contributed by atoms with Crippen LogP contribution in [0.1, 0.15) is 37.3 Å². The first-order valence-electron chi connectivity index (χ1n) is 10.4. The first-order valence-corrected chi connectivity index (χ1v) is 10.4. The zero-order chi connectivity index (χ0) is 21.2. The van der Waals surface area contributed by atoms with Gasteiger partial charge < -0.3 is 10.1 Å². The molecule has 0 bridgehead atoms. The predicted octanol–water partition coefficient (Wildman–Crippen LogP) is 6.14. The van der Waals surface area contributed by atoms with Gasteiger partial charge >= 0.3 is 0 Å². The molecule has 0 atom stereocenters. The van der Waals surface area contributed by atoms with Crippen LogP contribution in [0.4, 0.5) is 5.69 Å². The SMILES string of the molecule is CCCCCc1ccc(-c2ccc(C=CC(=O)Nc3ccc(OC)cc3)cc2)nc1. The molecule has 30 heavy (non-hydrogen) atoms. The number of carbonyl (C=O) groups excluding carboxylic acids is 1. The number of pyridine rings is 1. The summed E-state index contributed by atoms with van der Waals surface area (Å²) in [6.45, 7) is 2.22. The fourth-order valence-corrected chi connectivity index (χ4v) is 3.12. The maximum atomic E-state index is 12.1. The Hall–Kier alpha value is -3.40. The van der Waals surface area contributed by atoms with Crippen LogP contribution in [0.25, 0.3) is 17.3 Å². The molecule has 1 amide bonds. The molecule has 0 spiro atoms. The molecule has 0 aliphatic rings. The lowest BCUT2D eigenvalue weighted by atomic mass is 10.1. The maximum Gasteiger partial charge on any atom is 0.248 e. The Kier molecular flexibility index (Phi) is 7.78. The molecule has 3 aromatic rings. The Balaban J connectivity index is 1.56. The molecule has 0 radical (unpaired) electrons. The first-order chi connectivity index (χ1) is 14.7. The second-order valence-corrected chi connectivity index (χ2v) is 7.18. The number of methoxy groups -OCH3 is 1. The Morgan fingerprint density at radius 3 is 2.40 bits per heavy atom. The van der Waals surface area contributed by atoms with Crippen molar-refractivity contribution in [1.82, 2.24) is 4.98 Å². The number of rotatable bonds is 9. The van der Waals surface area contributed by atoms with Gasteiger partial charge in [0.2, 0.25) is 5.91 Å². The number of aryl methyl sites for hydroxylation is 1. The molecule has 0 aliphatic heterocycles. The molecule has 3 rings (SSSR count). The molecule has 4 heteroatoms. The van der Waals surface area contributed by atoms with Gasteiger partial charge in [-0.15, -0.1) is 0 Å². The lowest BCUT2D eigenvalue weighted by molar-refractivity contribution is -0.111. The Morgan fingerprint density at radius 1 is 1.00 bits per heavy atom. The van der Waals surface area contributed by atoms with Crippen LogP contribution in [-0.4, -0.2) is 18.0 Å². The number of hydrogen-bond acceptors (Lipinski definition) is 3. The minimum atomic E-state index is -0.176. The predicted molar refractivity (Wildman–Crippen MR) is 124 cm³/mol. The minimum absolute atomic E-state index is 0.176. The lowest BCUT2D eigenvalue weighted by Crippen LogP contribution is -2.07. The van der Waals surface area contributed by atoms with Gasteiger partial charge in [-0.2, -0.15) is 0 Å². The highest BCUT2D eigenvalue weighted by atomic mass is 16.5. The number of amides is 1. The van der Waals surface area contributed by atoms with E-state index < -0.39 is 0 Å². The maximum absolute atomic E-state index is 12.1. The Bertz CT molecular complexity index is 959. The number of nitrogens with zero attached hydrogens (tertiary/aromatic N) is 1. The zero-order valence-corrected chi connectivity index (χ0v) is 17.6. The standard InChI is InChI=1S/C26H28N2O2/c1-3-4-5-6-21-9-17-25(27-19-21)22-11-7-20(8-12-22)10-18-26(29)28-23-13-15-24(30-2)16-14-23/h7-19H,3-6H2,1-2H3,(H,28,29). The van der Waals surface area contributed by atoms with Crippen molar-refractivity contribution in [1.29, 1.82) is 0 Å². The number of unbranched alkanes of at least 4 members (excludes halogenated alkanes) is 2. The van der Waals surface area contributed by atoms with Crippen LogP contribution in [0.3, 0.4) is 0 Å². The normalized spacial score (nSPS) is 10.9. The zero-order valence-electron chi connectivity index (χ0n) is 17.6. The topological polar surface area (TPSA) is 51.2 Å². The molecule has 0 fully saturated rings. The highest BCUT2D eigenvalue weighted by molar-refractivity contribution is 6.01. The van der Waals surface area contributed by atoms with Crippen LogP contribution in [0.2, 0.25) is 0 Å². The monoisotopic (exact) mass is 400 g/mol. The lowest BCUT2D eigenvalue weighted by Gasteiger charge is -2.05. The number of aromatic nitrogens is 1. The van der Waals surface area contributed by atoms with E-state index in [1.807, 2.05) is 42.6 Å². The van der Waals surface area contributed by atoms with Gasteiger partial charge in [-0.3, -0.25) is 9.78 Å². The van der Waals surface area contributed by atoms with Gasteiger partial charge in [0.15, 0.2) is 0 Å². The van der Waals surface area contributed by atoms with E-state index in [-0.39, 0.29) is 5.91 Å². The van der Waals surface area contributed by atoms with Gasteiger partial charge in [0, 0.05) is 23.5 Å². The fourth-order valence-electron chi connectivity index (χ4n) is 3.12. The summed E-state index contributed by atoms with van der Waals surface area (Å²) in [4.78, 5) is 16.7. The molecule has 0 aliphatic carbocycles. The van der Waals surface area contributed by atoms with Gasteiger partial charge in [0.1, 0.15) is 5.75 Å².